The Hall–Kier alpha value is -0.0331. The molecule has 0 aromatic heterocycles. The van der Waals surface area contributed by atoms with Crippen molar-refractivity contribution in [2.24, 2.45) is 0 Å². The van der Waals surface area contributed by atoms with Crippen molar-refractivity contribution < 1.29 is 24.1 Å². The molecule has 0 amide bonds. The topological polar surface area (TPSA) is 68.2 Å². The fraction of sp³-hybridized carbons (Fsp3) is 0.714. The number of halogens is 1. The van der Waals surface area contributed by atoms with Crippen LogP contribution in [0.2, 0.25) is 18.1 Å². The second-order valence-electron chi connectivity index (χ2n) is 9.04. The SMILES string of the molecule is CC(C)(C)[Si](C)(C)O[C@H]1C[C@H](CI)O[C@H]1[C@H](OCc1ccccc1)[C@@H](O)CO. The fourth-order valence-electron chi connectivity index (χ4n) is 3.11. The highest BCUT2D eigenvalue weighted by Crippen LogP contribution is 2.40. The molecule has 2 rings (SSSR count). The highest BCUT2D eigenvalue weighted by molar-refractivity contribution is 14.1. The van der Waals surface area contributed by atoms with Crippen molar-refractivity contribution in [3.63, 3.8) is 0 Å². The summed E-state index contributed by atoms with van der Waals surface area (Å²) in [5.41, 5.74) is 1.02. The quantitative estimate of drug-likeness (QED) is 0.293. The van der Waals surface area contributed by atoms with Crippen LogP contribution < -0.4 is 0 Å². The third-order valence-corrected chi connectivity index (χ3v) is 11.3. The van der Waals surface area contributed by atoms with E-state index in [1.165, 1.54) is 0 Å². The molecule has 1 aliphatic heterocycles. The molecule has 0 aliphatic carbocycles. The van der Waals surface area contributed by atoms with Crippen LogP contribution in [-0.2, 0) is 20.5 Å². The van der Waals surface area contributed by atoms with E-state index in [2.05, 4.69) is 56.5 Å². The second-order valence-corrected chi connectivity index (χ2v) is 14.7. The average molecular weight is 522 g/mol. The van der Waals surface area contributed by atoms with Crippen molar-refractivity contribution in [1.29, 1.82) is 0 Å². The molecular weight excluding hydrogens is 487 g/mol. The van der Waals surface area contributed by atoms with Gasteiger partial charge in [-0.25, -0.2) is 0 Å². The van der Waals surface area contributed by atoms with E-state index >= 15 is 0 Å². The molecule has 0 radical (unpaired) electrons. The second kappa shape index (κ2) is 10.3. The maximum atomic E-state index is 10.5. The minimum atomic E-state index is -2.01. The van der Waals surface area contributed by atoms with Gasteiger partial charge in [-0.05, 0) is 23.7 Å². The minimum absolute atomic E-state index is 0.0640. The molecule has 0 saturated carbocycles. The Morgan fingerprint density at radius 3 is 2.43 bits per heavy atom. The fourth-order valence-corrected chi connectivity index (χ4v) is 5.02. The summed E-state index contributed by atoms with van der Waals surface area (Å²) < 4.78 is 19.9. The smallest absolute Gasteiger partial charge is 0.192 e. The van der Waals surface area contributed by atoms with Crippen LogP contribution in [0.15, 0.2) is 30.3 Å². The summed E-state index contributed by atoms with van der Waals surface area (Å²) in [6, 6.07) is 9.83. The minimum Gasteiger partial charge on any atom is -0.411 e. The Balaban J connectivity index is 2.19. The van der Waals surface area contributed by atoms with Crippen LogP contribution in [0.3, 0.4) is 0 Å². The van der Waals surface area contributed by atoms with Gasteiger partial charge < -0.3 is 24.1 Å². The van der Waals surface area contributed by atoms with Gasteiger partial charge in [0.25, 0.3) is 0 Å². The molecule has 1 fully saturated rings. The first-order chi connectivity index (χ1) is 13.1. The molecule has 1 aromatic rings. The van der Waals surface area contributed by atoms with E-state index in [0.717, 1.165) is 16.4 Å². The summed E-state index contributed by atoms with van der Waals surface area (Å²) in [5, 5.41) is 20.2. The van der Waals surface area contributed by atoms with Gasteiger partial charge >= 0.3 is 0 Å². The van der Waals surface area contributed by atoms with E-state index in [1.807, 2.05) is 30.3 Å². The zero-order valence-electron chi connectivity index (χ0n) is 17.6. The van der Waals surface area contributed by atoms with Gasteiger partial charge in [-0.2, -0.15) is 0 Å². The molecule has 0 spiro atoms. The number of hydrogen-bond acceptors (Lipinski definition) is 5. The Kier molecular flexibility index (Phi) is 8.94. The van der Waals surface area contributed by atoms with Crippen molar-refractivity contribution in [1.82, 2.24) is 0 Å². The van der Waals surface area contributed by atoms with Crippen molar-refractivity contribution in [2.45, 2.75) is 82.5 Å². The summed E-state index contributed by atoms with van der Waals surface area (Å²) in [5.74, 6) is 0. The summed E-state index contributed by atoms with van der Waals surface area (Å²) in [7, 11) is -2.01. The predicted octanol–water partition coefficient (Wildman–Crippen LogP) is 3.91. The van der Waals surface area contributed by atoms with Gasteiger partial charge in [0.15, 0.2) is 8.32 Å². The first-order valence-corrected chi connectivity index (χ1v) is 14.4. The lowest BCUT2D eigenvalue weighted by molar-refractivity contribution is -0.146. The molecule has 5 nitrogen and oxygen atoms in total. The van der Waals surface area contributed by atoms with Gasteiger partial charge in [0, 0.05) is 10.8 Å². The largest absolute Gasteiger partial charge is 0.411 e. The molecule has 1 heterocycles. The van der Waals surface area contributed by atoms with E-state index < -0.39 is 26.6 Å². The number of aliphatic hydroxyl groups is 2. The zero-order valence-corrected chi connectivity index (χ0v) is 20.8. The number of aliphatic hydroxyl groups excluding tert-OH is 2. The Morgan fingerprint density at radius 2 is 1.89 bits per heavy atom. The summed E-state index contributed by atoms with van der Waals surface area (Å²) in [4.78, 5) is 0. The van der Waals surface area contributed by atoms with Crippen LogP contribution >= 0.6 is 22.6 Å². The van der Waals surface area contributed by atoms with E-state index in [4.69, 9.17) is 13.9 Å². The number of rotatable bonds is 9. The normalized spacial score (nSPS) is 25.6. The van der Waals surface area contributed by atoms with E-state index in [9.17, 15) is 10.2 Å². The van der Waals surface area contributed by atoms with E-state index in [0.29, 0.717) is 6.61 Å². The van der Waals surface area contributed by atoms with Gasteiger partial charge in [-0.1, -0.05) is 73.7 Å². The lowest BCUT2D eigenvalue weighted by Gasteiger charge is -2.40. The van der Waals surface area contributed by atoms with E-state index in [1.54, 1.807) is 0 Å². The highest BCUT2D eigenvalue weighted by Gasteiger charge is 2.48. The van der Waals surface area contributed by atoms with Crippen LogP contribution in [0, 0.1) is 0 Å². The molecule has 7 heteroatoms. The first-order valence-electron chi connectivity index (χ1n) is 9.92. The lowest BCUT2D eigenvalue weighted by Crippen LogP contribution is -2.51. The Labute approximate surface area is 184 Å². The summed E-state index contributed by atoms with van der Waals surface area (Å²) in [6.07, 6.45) is -1.37. The van der Waals surface area contributed by atoms with Gasteiger partial charge in [0.1, 0.15) is 18.3 Å². The van der Waals surface area contributed by atoms with Crippen LogP contribution in [-0.4, -0.2) is 60.1 Å². The average Bonchev–Trinajstić information content (AvgIpc) is 3.03. The highest BCUT2D eigenvalue weighted by atomic mass is 127. The monoisotopic (exact) mass is 522 g/mol. The maximum absolute atomic E-state index is 10.5. The van der Waals surface area contributed by atoms with Crippen LogP contribution in [0.4, 0.5) is 0 Å². The van der Waals surface area contributed by atoms with Crippen molar-refractivity contribution in [3.8, 4) is 0 Å². The first kappa shape index (κ1) is 24.2. The maximum Gasteiger partial charge on any atom is 0.192 e. The molecule has 1 aromatic carbocycles. The van der Waals surface area contributed by atoms with E-state index in [-0.39, 0.29) is 23.9 Å². The molecule has 28 heavy (non-hydrogen) atoms. The van der Waals surface area contributed by atoms with Crippen LogP contribution in [0.25, 0.3) is 0 Å². The van der Waals surface area contributed by atoms with Gasteiger partial charge in [0.05, 0.1) is 25.4 Å². The molecule has 1 aliphatic rings. The molecule has 1 saturated heterocycles. The van der Waals surface area contributed by atoms with Crippen molar-refractivity contribution in [2.75, 3.05) is 11.0 Å². The summed E-state index contributed by atoms with van der Waals surface area (Å²) in [6.45, 7) is 11.1. The number of ether oxygens (including phenoxy) is 2. The predicted molar refractivity (Wildman–Crippen MR) is 122 cm³/mol. The summed E-state index contributed by atoms with van der Waals surface area (Å²) >= 11 is 2.32. The zero-order chi connectivity index (χ0) is 20.9. The van der Waals surface area contributed by atoms with Crippen molar-refractivity contribution in [3.05, 3.63) is 35.9 Å². The number of hydrogen-bond donors (Lipinski definition) is 2. The van der Waals surface area contributed by atoms with Crippen LogP contribution in [0.5, 0.6) is 0 Å². The van der Waals surface area contributed by atoms with Gasteiger partial charge in [-0.3, -0.25) is 0 Å². The molecule has 160 valence electrons. The molecular formula is C21H35IO5Si. The third kappa shape index (κ3) is 6.23. The van der Waals surface area contributed by atoms with Gasteiger partial charge in [-0.15, -0.1) is 0 Å². The molecule has 2 N–H and O–H groups in total. The van der Waals surface area contributed by atoms with Crippen molar-refractivity contribution >= 4 is 30.9 Å². The molecule has 0 unspecified atom stereocenters. The molecule has 0 bridgehead atoms. The third-order valence-electron chi connectivity index (χ3n) is 5.81. The number of benzene rings is 1. The number of alkyl halides is 1. The Bertz CT molecular complexity index is 592. The van der Waals surface area contributed by atoms with Gasteiger partial charge in [0.2, 0.25) is 0 Å². The van der Waals surface area contributed by atoms with Crippen LogP contribution in [0.1, 0.15) is 32.8 Å². The standard InChI is InChI=1S/C21H35IO5Si/c1-21(2,3)28(4,5)27-18-11-16(12-22)26-20(18)19(17(24)13-23)25-14-15-9-7-6-8-10-15/h6-10,16-20,23-24H,11-14H2,1-5H3/t16-,17+,18+,19-,20-/m1/s1. The Morgan fingerprint density at radius 1 is 1.25 bits per heavy atom. The molecule has 5 atom stereocenters. The lowest BCUT2D eigenvalue weighted by atomic mass is 10.0.